The zero-order valence-corrected chi connectivity index (χ0v) is 11.2. The van der Waals surface area contributed by atoms with Crippen molar-refractivity contribution >= 4 is 17.8 Å². The second kappa shape index (κ2) is 5.77. The first kappa shape index (κ1) is 14.1. The lowest BCUT2D eigenvalue weighted by atomic mass is 10.3. The van der Waals surface area contributed by atoms with Gasteiger partial charge in [-0.1, -0.05) is 0 Å². The predicted octanol–water partition coefficient (Wildman–Crippen LogP) is 0.672. The van der Waals surface area contributed by atoms with Crippen LogP contribution in [0.4, 0.5) is 0 Å². The molecule has 2 amide bonds. The van der Waals surface area contributed by atoms with E-state index in [-0.39, 0.29) is 23.3 Å². The van der Waals surface area contributed by atoms with Crippen molar-refractivity contribution in [1.82, 2.24) is 9.80 Å². The smallest absolute Gasteiger partial charge is 0.371 e. The molecule has 1 aromatic rings. The number of carbonyl (C=O) groups is 3. The van der Waals surface area contributed by atoms with Gasteiger partial charge in [0.05, 0.1) is 0 Å². The van der Waals surface area contributed by atoms with Crippen molar-refractivity contribution in [3.05, 3.63) is 23.7 Å². The molecular formula is C13H16N2O5. The van der Waals surface area contributed by atoms with Crippen molar-refractivity contribution in [3.8, 4) is 0 Å². The lowest BCUT2D eigenvalue weighted by Crippen LogP contribution is -2.36. The van der Waals surface area contributed by atoms with Crippen molar-refractivity contribution in [2.45, 2.75) is 13.3 Å². The lowest BCUT2D eigenvalue weighted by Gasteiger charge is -2.20. The van der Waals surface area contributed by atoms with Gasteiger partial charge in [-0.25, -0.2) is 4.79 Å². The van der Waals surface area contributed by atoms with Crippen molar-refractivity contribution in [2.75, 3.05) is 26.2 Å². The standard InChI is InChI=1S/C13H16N2O5/c1-9(16)14-5-2-6-15(8-7-14)12(17)10-3-4-11(20-10)13(18)19/h3-4H,2,5-8H2,1H3,(H,18,19). The molecule has 108 valence electrons. The molecule has 0 aromatic carbocycles. The minimum atomic E-state index is -1.21. The minimum Gasteiger partial charge on any atom is -0.475 e. The van der Waals surface area contributed by atoms with Gasteiger partial charge in [-0.2, -0.15) is 0 Å². The second-order valence-corrected chi connectivity index (χ2v) is 4.62. The Balaban J connectivity index is 2.05. The maximum atomic E-state index is 12.2. The van der Waals surface area contributed by atoms with E-state index >= 15 is 0 Å². The highest BCUT2D eigenvalue weighted by atomic mass is 16.4. The average molecular weight is 280 g/mol. The summed E-state index contributed by atoms with van der Waals surface area (Å²) >= 11 is 0. The number of carboxylic acid groups (broad SMARTS) is 1. The zero-order valence-electron chi connectivity index (χ0n) is 11.2. The first-order valence-electron chi connectivity index (χ1n) is 6.37. The highest BCUT2D eigenvalue weighted by molar-refractivity contribution is 5.93. The van der Waals surface area contributed by atoms with Crippen LogP contribution in [0.2, 0.25) is 0 Å². The molecule has 7 nitrogen and oxygen atoms in total. The van der Waals surface area contributed by atoms with Crippen LogP contribution in [0.1, 0.15) is 34.5 Å². The Morgan fingerprint density at radius 1 is 1.05 bits per heavy atom. The molecule has 1 N–H and O–H groups in total. The van der Waals surface area contributed by atoms with Crippen molar-refractivity contribution < 1.29 is 23.9 Å². The minimum absolute atomic E-state index is 0.00883. The molecule has 0 unspecified atom stereocenters. The van der Waals surface area contributed by atoms with Crippen LogP contribution >= 0.6 is 0 Å². The van der Waals surface area contributed by atoms with Crippen LogP contribution < -0.4 is 0 Å². The Bertz CT molecular complexity index is 537. The molecular weight excluding hydrogens is 264 g/mol. The number of carbonyl (C=O) groups excluding carboxylic acids is 2. The van der Waals surface area contributed by atoms with E-state index in [2.05, 4.69) is 0 Å². The summed E-state index contributed by atoms with van der Waals surface area (Å²) in [6.45, 7) is 3.54. The van der Waals surface area contributed by atoms with Crippen LogP contribution in [0.3, 0.4) is 0 Å². The molecule has 0 aliphatic carbocycles. The molecule has 2 rings (SSSR count). The Labute approximate surface area is 115 Å². The summed E-state index contributed by atoms with van der Waals surface area (Å²) in [6.07, 6.45) is 0.692. The monoisotopic (exact) mass is 280 g/mol. The first-order valence-corrected chi connectivity index (χ1v) is 6.37. The summed E-state index contributed by atoms with van der Waals surface area (Å²) in [4.78, 5) is 37.5. The molecule has 20 heavy (non-hydrogen) atoms. The Morgan fingerprint density at radius 3 is 2.25 bits per heavy atom. The van der Waals surface area contributed by atoms with E-state index in [1.807, 2.05) is 0 Å². The van der Waals surface area contributed by atoms with Gasteiger partial charge in [-0.05, 0) is 18.6 Å². The number of hydrogen-bond acceptors (Lipinski definition) is 4. The maximum absolute atomic E-state index is 12.2. The predicted molar refractivity (Wildman–Crippen MR) is 68.4 cm³/mol. The topological polar surface area (TPSA) is 91.1 Å². The number of aromatic carboxylic acids is 1. The van der Waals surface area contributed by atoms with E-state index in [1.165, 1.54) is 19.1 Å². The summed E-state index contributed by atoms with van der Waals surface area (Å²) in [7, 11) is 0. The molecule has 0 spiro atoms. The van der Waals surface area contributed by atoms with E-state index in [4.69, 9.17) is 9.52 Å². The SMILES string of the molecule is CC(=O)N1CCCN(C(=O)c2ccc(C(=O)O)o2)CC1. The molecule has 1 fully saturated rings. The Hall–Kier alpha value is -2.31. The highest BCUT2D eigenvalue weighted by Gasteiger charge is 2.24. The molecule has 0 radical (unpaired) electrons. The van der Waals surface area contributed by atoms with Gasteiger partial charge in [0.2, 0.25) is 11.7 Å². The van der Waals surface area contributed by atoms with E-state index < -0.39 is 5.97 Å². The molecule has 7 heteroatoms. The summed E-state index contributed by atoms with van der Waals surface area (Å²) in [6, 6.07) is 2.62. The van der Waals surface area contributed by atoms with Crippen LogP contribution in [0.15, 0.2) is 16.5 Å². The van der Waals surface area contributed by atoms with Crippen LogP contribution in [0.5, 0.6) is 0 Å². The molecule has 1 aliphatic rings. The van der Waals surface area contributed by atoms with Crippen molar-refractivity contribution in [1.29, 1.82) is 0 Å². The molecule has 1 aromatic heterocycles. The second-order valence-electron chi connectivity index (χ2n) is 4.62. The van der Waals surface area contributed by atoms with Gasteiger partial charge < -0.3 is 19.3 Å². The van der Waals surface area contributed by atoms with Gasteiger partial charge >= 0.3 is 5.97 Å². The van der Waals surface area contributed by atoms with Gasteiger partial charge in [0, 0.05) is 33.1 Å². The van der Waals surface area contributed by atoms with Crippen LogP contribution in [-0.4, -0.2) is 58.9 Å². The zero-order chi connectivity index (χ0) is 14.7. The lowest BCUT2D eigenvalue weighted by molar-refractivity contribution is -0.128. The van der Waals surface area contributed by atoms with E-state index in [9.17, 15) is 14.4 Å². The molecule has 2 heterocycles. The largest absolute Gasteiger partial charge is 0.475 e. The van der Waals surface area contributed by atoms with Gasteiger partial charge in [-0.15, -0.1) is 0 Å². The van der Waals surface area contributed by atoms with Gasteiger partial charge in [0.25, 0.3) is 5.91 Å². The molecule has 0 bridgehead atoms. The van der Waals surface area contributed by atoms with Crippen molar-refractivity contribution in [3.63, 3.8) is 0 Å². The maximum Gasteiger partial charge on any atom is 0.371 e. The number of furan rings is 1. The number of hydrogen-bond donors (Lipinski definition) is 1. The number of carboxylic acids is 1. The first-order chi connectivity index (χ1) is 9.49. The third kappa shape index (κ3) is 2.98. The third-order valence-corrected chi connectivity index (χ3v) is 3.26. The van der Waals surface area contributed by atoms with Crippen LogP contribution in [0, 0.1) is 0 Å². The fourth-order valence-electron chi connectivity index (χ4n) is 2.16. The Kier molecular flexibility index (Phi) is 4.07. The average Bonchev–Trinajstić information content (AvgIpc) is 2.76. The fourth-order valence-corrected chi connectivity index (χ4v) is 2.16. The third-order valence-electron chi connectivity index (χ3n) is 3.26. The summed E-state index contributed by atoms with van der Waals surface area (Å²) in [5.74, 6) is -1.80. The molecule has 0 atom stereocenters. The Morgan fingerprint density at radius 2 is 1.65 bits per heavy atom. The molecule has 1 aliphatic heterocycles. The number of amides is 2. The fraction of sp³-hybridized carbons (Fsp3) is 0.462. The van der Waals surface area contributed by atoms with Gasteiger partial charge in [0.15, 0.2) is 5.76 Å². The molecule has 0 saturated carbocycles. The van der Waals surface area contributed by atoms with E-state index in [1.54, 1.807) is 9.80 Å². The summed E-state index contributed by atoms with van der Waals surface area (Å²) in [5, 5.41) is 8.77. The van der Waals surface area contributed by atoms with E-state index in [0.717, 1.165) is 0 Å². The quantitative estimate of drug-likeness (QED) is 0.859. The molecule has 1 saturated heterocycles. The number of rotatable bonds is 2. The van der Waals surface area contributed by atoms with Gasteiger partial charge in [0.1, 0.15) is 0 Å². The van der Waals surface area contributed by atoms with E-state index in [0.29, 0.717) is 32.6 Å². The summed E-state index contributed by atoms with van der Waals surface area (Å²) < 4.78 is 5.00. The van der Waals surface area contributed by atoms with Crippen molar-refractivity contribution in [2.24, 2.45) is 0 Å². The number of nitrogens with zero attached hydrogens (tertiary/aromatic N) is 2. The van der Waals surface area contributed by atoms with Crippen LogP contribution in [-0.2, 0) is 4.79 Å². The normalized spacial score (nSPS) is 15.8. The highest BCUT2D eigenvalue weighted by Crippen LogP contribution is 2.13. The van der Waals surface area contributed by atoms with Gasteiger partial charge in [-0.3, -0.25) is 9.59 Å². The van der Waals surface area contributed by atoms with Crippen LogP contribution in [0.25, 0.3) is 0 Å². The summed E-state index contributed by atoms with van der Waals surface area (Å²) in [5.41, 5.74) is 0.